The molecule has 0 radical (unpaired) electrons. The molecule has 0 aliphatic rings. The number of nitrogens with zero attached hydrogens (tertiary/aromatic N) is 1. The van der Waals surface area contributed by atoms with Crippen LogP contribution in [0.2, 0.25) is 10.0 Å². The standard InChI is InChI=1S/C14H9Cl2FN2O2S/c1-22(19,20)13-3-2-12(11(7-18)14(13)16)21-10-5-8(15)4-9(17)6-10/h2-6H,1H2,(H2,19,20). The van der Waals surface area contributed by atoms with E-state index in [0.717, 1.165) is 12.1 Å². The molecule has 8 heteroatoms. The largest absolute Gasteiger partial charge is 0.456 e. The van der Waals surface area contributed by atoms with Crippen molar-refractivity contribution in [1.29, 1.82) is 5.26 Å². The molecule has 0 amide bonds. The highest BCUT2D eigenvalue weighted by atomic mass is 35.5. The summed E-state index contributed by atoms with van der Waals surface area (Å²) in [4.78, 5) is 0.0374. The summed E-state index contributed by atoms with van der Waals surface area (Å²) < 4.78 is 30.5. The molecule has 0 aromatic heterocycles. The molecule has 0 saturated carbocycles. The second-order valence-electron chi connectivity index (χ2n) is 4.30. The molecule has 2 N–H and O–H groups in total. The fourth-order valence-corrected chi connectivity index (χ4v) is 3.22. The van der Waals surface area contributed by atoms with Gasteiger partial charge in [-0.15, -0.1) is 0 Å². The second kappa shape index (κ2) is 6.15. The van der Waals surface area contributed by atoms with Crippen LogP contribution in [-0.2, 0) is 9.71 Å². The summed E-state index contributed by atoms with van der Waals surface area (Å²) >= 11 is 11.8. The Bertz CT molecular complexity index is 872. The first-order chi connectivity index (χ1) is 10.2. The Morgan fingerprint density at radius 2 is 2.00 bits per heavy atom. The zero-order valence-electron chi connectivity index (χ0n) is 11.0. The van der Waals surface area contributed by atoms with Crippen molar-refractivity contribution in [3.05, 3.63) is 51.8 Å². The van der Waals surface area contributed by atoms with E-state index in [2.05, 4.69) is 5.87 Å². The summed E-state index contributed by atoms with van der Waals surface area (Å²) in [7, 11) is -3.09. The number of hydrogen-bond acceptors (Lipinski definition) is 3. The van der Waals surface area contributed by atoms with Crippen molar-refractivity contribution < 1.29 is 13.3 Å². The third-order valence-electron chi connectivity index (χ3n) is 2.62. The van der Waals surface area contributed by atoms with Crippen molar-refractivity contribution in [3.8, 4) is 17.6 Å². The van der Waals surface area contributed by atoms with Crippen LogP contribution in [0.5, 0.6) is 11.5 Å². The number of nitrogens with two attached hydrogens (primary N) is 1. The summed E-state index contributed by atoms with van der Waals surface area (Å²) in [6, 6.07) is 8.12. The van der Waals surface area contributed by atoms with Crippen molar-refractivity contribution in [2.45, 2.75) is 4.90 Å². The molecule has 0 fully saturated rings. The van der Waals surface area contributed by atoms with Gasteiger partial charge in [0.05, 0.1) is 19.6 Å². The second-order valence-corrected chi connectivity index (χ2v) is 7.00. The highest BCUT2D eigenvalue weighted by Gasteiger charge is 2.17. The summed E-state index contributed by atoms with van der Waals surface area (Å²) in [5.74, 6) is 2.87. The van der Waals surface area contributed by atoms with Crippen LogP contribution >= 0.6 is 23.2 Å². The minimum atomic E-state index is -3.09. The van der Waals surface area contributed by atoms with Crippen LogP contribution in [0, 0.1) is 17.1 Å². The van der Waals surface area contributed by atoms with Gasteiger partial charge < -0.3 is 4.74 Å². The minimum Gasteiger partial charge on any atom is -0.456 e. The first kappa shape index (κ1) is 16.6. The lowest BCUT2D eigenvalue weighted by atomic mass is 10.2. The fourth-order valence-electron chi connectivity index (χ4n) is 1.71. The van der Waals surface area contributed by atoms with E-state index >= 15 is 0 Å². The van der Waals surface area contributed by atoms with Crippen molar-refractivity contribution in [2.24, 2.45) is 5.14 Å². The molecular formula is C14H9Cl2FN2O2S. The van der Waals surface area contributed by atoms with E-state index in [1.807, 2.05) is 6.07 Å². The van der Waals surface area contributed by atoms with Gasteiger partial charge in [0, 0.05) is 11.1 Å². The zero-order chi connectivity index (χ0) is 16.5. The Balaban J connectivity index is 2.53. The number of ether oxygens (including phenoxy) is 1. The molecular weight excluding hydrogens is 350 g/mol. The first-order valence-corrected chi connectivity index (χ1v) is 8.28. The van der Waals surface area contributed by atoms with E-state index in [4.69, 9.17) is 33.1 Å². The molecule has 4 nitrogen and oxygen atoms in total. The molecule has 0 aliphatic heterocycles. The van der Waals surface area contributed by atoms with Crippen LogP contribution in [-0.4, -0.2) is 10.1 Å². The quantitative estimate of drug-likeness (QED) is 0.848. The molecule has 0 heterocycles. The maximum atomic E-state index is 13.3. The van der Waals surface area contributed by atoms with Crippen LogP contribution in [0.3, 0.4) is 0 Å². The van der Waals surface area contributed by atoms with Crippen LogP contribution in [0.4, 0.5) is 4.39 Å². The van der Waals surface area contributed by atoms with Crippen molar-refractivity contribution in [1.82, 2.24) is 0 Å². The van der Waals surface area contributed by atoms with Gasteiger partial charge in [0.25, 0.3) is 0 Å². The maximum absolute atomic E-state index is 13.3. The van der Waals surface area contributed by atoms with Gasteiger partial charge in [-0.05, 0) is 30.1 Å². The lowest BCUT2D eigenvalue weighted by molar-refractivity contribution is 0.475. The monoisotopic (exact) mass is 358 g/mol. The Morgan fingerprint density at radius 3 is 2.55 bits per heavy atom. The van der Waals surface area contributed by atoms with E-state index in [1.165, 1.54) is 18.2 Å². The van der Waals surface area contributed by atoms with E-state index in [1.54, 1.807) is 0 Å². The summed E-state index contributed by atoms with van der Waals surface area (Å²) in [6.45, 7) is 0. The van der Waals surface area contributed by atoms with Gasteiger partial charge in [0.1, 0.15) is 28.9 Å². The number of nitriles is 1. The average molecular weight is 359 g/mol. The molecule has 114 valence electrons. The summed E-state index contributed by atoms with van der Waals surface area (Å²) in [5, 5.41) is 14.7. The number of hydrogen-bond donors (Lipinski definition) is 1. The van der Waals surface area contributed by atoms with Gasteiger partial charge in [0.15, 0.2) is 0 Å². The van der Waals surface area contributed by atoms with Crippen LogP contribution in [0.25, 0.3) is 0 Å². The Kier molecular flexibility index (Phi) is 4.63. The van der Waals surface area contributed by atoms with Gasteiger partial charge in [-0.25, -0.2) is 8.60 Å². The number of benzene rings is 2. The summed E-state index contributed by atoms with van der Waals surface area (Å²) in [6.07, 6.45) is 0. The van der Waals surface area contributed by atoms with Gasteiger partial charge in [-0.3, -0.25) is 5.14 Å². The Labute approximate surface area is 137 Å². The fraction of sp³-hybridized carbons (Fsp3) is 0. The Hall–Kier alpha value is -1.78. The van der Waals surface area contributed by atoms with E-state index in [9.17, 15) is 13.9 Å². The lowest BCUT2D eigenvalue weighted by Gasteiger charge is -2.12. The third kappa shape index (κ3) is 3.51. The molecule has 2 rings (SSSR count). The predicted molar refractivity (Wildman–Crippen MR) is 85.4 cm³/mol. The van der Waals surface area contributed by atoms with Gasteiger partial charge >= 0.3 is 0 Å². The minimum absolute atomic E-state index is 0.0374. The molecule has 22 heavy (non-hydrogen) atoms. The van der Waals surface area contributed by atoms with Gasteiger partial charge in [-0.2, -0.15) is 5.26 Å². The SMILES string of the molecule is C=S(N)(=O)c1ccc(Oc2cc(F)cc(Cl)c2)c(C#N)c1Cl. The zero-order valence-corrected chi connectivity index (χ0v) is 13.3. The first-order valence-electron chi connectivity index (χ1n) is 5.74. The highest BCUT2D eigenvalue weighted by Crippen LogP contribution is 2.34. The normalized spacial score (nSPS) is 13.2. The van der Waals surface area contributed by atoms with Crippen LogP contribution in [0.15, 0.2) is 35.2 Å². The highest BCUT2D eigenvalue weighted by molar-refractivity contribution is 7.98. The number of halogens is 3. The number of rotatable bonds is 3. The van der Waals surface area contributed by atoms with Crippen LogP contribution < -0.4 is 9.88 Å². The third-order valence-corrected chi connectivity index (χ3v) is 4.42. The molecule has 2 aromatic carbocycles. The molecule has 2 aromatic rings. The maximum Gasteiger partial charge on any atom is 0.146 e. The van der Waals surface area contributed by atoms with Crippen molar-refractivity contribution in [3.63, 3.8) is 0 Å². The average Bonchev–Trinajstić information content (AvgIpc) is 2.36. The predicted octanol–water partition coefficient (Wildman–Crippen LogP) is 3.75. The van der Waals surface area contributed by atoms with E-state index < -0.39 is 15.5 Å². The van der Waals surface area contributed by atoms with Gasteiger partial charge in [-0.1, -0.05) is 23.2 Å². The topological polar surface area (TPSA) is 76.1 Å². The van der Waals surface area contributed by atoms with Crippen molar-refractivity contribution >= 4 is 38.8 Å². The van der Waals surface area contributed by atoms with Gasteiger partial charge in [0.2, 0.25) is 0 Å². The molecule has 1 atom stereocenters. The van der Waals surface area contributed by atoms with E-state index in [-0.39, 0.29) is 32.0 Å². The van der Waals surface area contributed by atoms with E-state index in [0.29, 0.717) is 0 Å². The molecule has 0 aliphatic carbocycles. The molecule has 0 bridgehead atoms. The molecule has 1 unspecified atom stereocenters. The van der Waals surface area contributed by atoms with Crippen LogP contribution in [0.1, 0.15) is 5.56 Å². The Morgan fingerprint density at radius 1 is 1.32 bits per heavy atom. The smallest absolute Gasteiger partial charge is 0.146 e. The lowest BCUT2D eigenvalue weighted by Crippen LogP contribution is -2.13. The summed E-state index contributed by atoms with van der Waals surface area (Å²) in [5.41, 5.74) is -0.0821. The molecule has 0 saturated heterocycles. The molecule has 0 spiro atoms. The van der Waals surface area contributed by atoms with Crippen molar-refractivity contribution in [2.75, 3.05) is 0 Å².